The van der Waals surface area contributed by atoms with Gasteiger partial charge in [-0.25, -0.2) is 0 Å². The summed E-state index contributed by atoms with van der Waals surface area (Å²) in [6, 6.07) is 0. The maximum atomic E-state index is 6.01. The highest BCUT2D eigenvalue weighted by molar-refractivity contribution is 14.0. The van der Waals surface area contributed by atoms with Gasteiger partial charge < -0.3 is 15.5 Å². The van der Waals surface area contributed by atoms with E-state index >= 15 is 0 Å². The average Bonchev–Trinajstić information content (AvgIpc) is 2.73. The van der Waals surface area contributed by atoms with Crippen LogP contribution in [-0.4, -0.2) is 67.0 Å². The summed E-state index contributed by atoms with van der Waals surface area (Å²) >= 11 is 2.00. The maximum absolute atomic E-state index is 6.01. The number of nitrogens with zero attached hydrogens (tertiary/aromatic N) is 3. The molecule has 2 fully saturated rings. The normalized spacial score (nSPS) is 27.0. The van der Waals surface area contributed by atoms with Crippen LogP contribution in [0.2, 0.25) is 0 Å². The molecule has 2 aliphatic rings. The topological polar surface area (TPSA) is 44.9 Å². The highest BCUT2D eigenvalue weighted by Gasteiger charge is 2.19. The zero-order valence-corrected chi connectivity index (χ0v) is 13.6. The van der Waals surface area contributed by atoms with Crippen LogP contribution in [0, 0.1) is 5.92 Å². The van der Waals surface area contributed by atoms with Crippen LogP contribution in [-0.2, 0) is 0 Å². The molecule has 1 atom stereocenters. The molecule has 0 aromatic carbocycles. The predicted octanol–water partition coefficient (Wildman–Crippen LogP) is 0.920. The van der Waals surface area contributed by atoms with Crippen molar-refractivity contribution in [1.29, 1.82) is 0 Å². The third-order valence-corrected chi connectivity index (χ3v) is 4.28. The van der Waals surface area contributed by atoms with Crippen LogP contribution in [0.25, 0.3) is 0 Å². The van der Waals surface area contributed by atoms with Crippen LogP contribution in [0.1, 0.15) is 6.42 Å². The molecule has 2 saturated heterocycles. The Labute approximate surface area is 125 Å². The number of halogens is 1. The van der Waals surface area contributed by atoms with E-state index in [0.29, 0.717) is 5.92 Å². The summed E-state index contributed by atoms with van der Waals surface area (Å²) in [5.41, 5.74) is 6.01. The van der Waals surface area contributed by atoms with Gasteiger partial charge in [-0.15, -0.1) is 24.0 Å². The molecular weight excluding hydrogens is 347 g/mol. The van der Waals surface area contributed by atoms with E-state index in [9.17, 15) is 0 Å². The van der Waals surface area contributed by atoms with Crippen LogP contribution in [0.4, 0.5) is 0 Å². The Morgan fingerprint density at radius 3 is 2.65 bits per heavy atom. The van der Waals surface area contributed by atoms with Gasteiger partial charge in [0, 0.05) is 37.7 Å². The lowest BCUT2D eigenvalue weighted by Crippen LogP contribution is -2.42. The first-order valence-electron chi connectivity index (χ1n) is 6.07. The smallest absolute Gasteiger partial charge is 0.191 e. The summed E-state index contributed by atoms with van der Waals surface area (Å²) in [7, 11) is 2.18. The van der Waals surface area contributed by atoms with Gasteiger partial charge in [0.2, 0.25) is 0 Å². The molecule has 100 valence electrons. The molecule has 2 rings (SSSR count). The molecule has 6 heteroatoms. The van der Waals surface area contributed by atoms with E-state index in [-0.39, 0.29) is 24.0 Å². The average molecular weight is 370 g/mol. The molecule has 0 saturated carbocycles. The van der Waals surface area contributed by atoms with Gasteiger partial charge in [0.25, 0.3) is 0 Å². The Bertz CT molecular complexity index is 256. The van der Waals surface area contributed by atoms with Crippen LogP contribution < -0.4 is 5.73 Å². The second-order valence-electron chi connectivity index (χ2n) is 4.72. The van der Waals surface area contributed by atoms with Gasteiger partial charge in [0.15, 0.2) is 5.96 Å². The quantitative estimate of drug-likeness (QED) is 0.446. The molecule has 4 nitrogen and oxygen atoms in total. The van der Waals surface area contributed by atoms with Crippen molar-refractivity contribution < 1.29 is 0 Å². The molecule has 0 aliphatic carbocycles. The van der Waals surface area contributed by atoms with Gasteiger partial charge in [-0.1, -0.05) is 0 Å². The Hall–Kier alpha value is 0.310. The number of aliphatic imine (C=N–C) groups is 1. The highest BCUT2D eigenvalue weighted by atomic mass is 127. The Morgan fingerprint density at radius 2 is 2.06 bits per heavy atom. The molecular formula is C11H23IN4S. The summed E-state index contributed by atoms with van der Waals surface area (Å²) in [5, 5.41) is 0. The molecule has 0 aromatic rings. The van der Waals surface area contributed by atoms with Gasteiger partial charge in [-0.3, -0.25) is 4.99 Å². The minimum absolute atomic E-state index is 0. The highest BCUT2D eigenvalue weighted by Crippen LogP contribution is 2.14. The van der Waals surface area contributed by atoms with Crippen molar-refractivity contribution in [2.24, 2.45) is 16.6 Å². The molecule has 0 amide bonds. The van der Waals surface area contributed by atoms with Gasteiger partial charge >= 0.3 is 0 Å². The second-order valence-corrected chi connectivity index (χ2v) is 5.94. The van der Waals surface area contributed by atoms with Crippen molar-refractivity contribution >= 4 is 41.7 Å². The number of thioether (sulfide) groups is 1. The van der Waals surface area contributed by atoms with Crippen LogP contribution in [0.15, 0.2) is 4.99 Å². The first kappa shape index (κ1) is 15.4. The lowest BCUT2D eigenvalue weighted by Gasteiger charge is -2.27. The largest absolute Gasteiger partial charge is 0.370 e. The summed E-state index contributed by atoms with van der Waals surface area (Å²) in [5.74, 6) is 3.84. The number of hydrogen-bond donors (Lipinski definition) is 1. The molecule has 2 aliphatic heterocycles. The van der Waals surface area contributed by atoms with Crippen LogP contribution in [0.5, 0.6) is 0 Å². The van der Waals surface area contributed by atoms with E-state index in [4.69, 9.17) is 5.73 Å². The zero-order valence-electron chi connectivity index (χ0n) is 10.5. The standard InChI is InChI=1S/C11H22N4S.HI/c1-14-3-2-10(9-14)8-13-11(12)15-4-6-16-7-5-15;/h10H,2-9H2,1H3,(H2,12,13);1H. The Balaban J connectivity index is 0.00000144. The third kappa shape index (κ3) is 4.82. The van der Waals surface area contributed by atoms with Gasteiger partial charge in [-0.2, -0.15) is 11.8 Å². The third-order valence-electron chi connectivity index (χ3n) is 3.34. The van der Waals surface area contributed by atoms with E-state index in [0.717, 1.165) is 25.6 Å². The number of rotatable bonds is 2. The summed E-state index contributed by atoms with van der Waals surface area (Å²) in [6.45, 7) is 5.40. The minimum atomic E-state index is 0. The summed E-state index contributed by atoms with van der Waals surface area (Å²) in [6.07, 6.45) is 1.27. The van der Waals surface area contributed by atoms with Gasteiger partial charge in [-0.05, 0) is 25.9 Å². The maximum Gasteiger partial charge on any atom is 0.191 e. The molecule has 2 N–H and O–H groups in total. The number of guanidine groups is 1. The monoisotopic (exact) mass is 370 g/mol. The molecule has 1 unspecified atom stereocenters. The molecule has 0 spiro atoms. The lowest BCUT2D eigenvalue weighted by atomic mass is 10.1. The Morgan fingerprint density at radius 1 is 1.35 bits per heavy atom. The van der Waals surface area contributed by atoms with E-state index in [2.05, 4.69) is 21.8 Å². The summed E-state index contributed by atoms with van der Waals surface area (Å²) < 4.78 is 0. The fraction of sp³-hybridized carbons (Fsp3) is 0.909. The van der Waals surface area contributed by atoms with Crippen molar-refractivity contribution in [3.63, 3.8) is 0 Å². The van der Waals surface area contributed by atoms with Crippen LogP contribution >= 0.6 is 35.7 Å². The molecule has 0 radical (unpaired) electrons. The van der Waals surface area contributed by atoms with Crippen molar-refractivity contribution in [3.05, 3.63) is 0 Å². The zero-order chi connectivity index (χ0) is 11.4. The predicted molar refractivity (Wildman–Crippen MR) is 86.4 cm³/mol. The number of hydrogen-bond acceptors (Lipinski definition) is 3. The van der Waals surface area contributed by atoms with E-state index < -0.39 is 0 Å². The molecule has 0 bridgehead atoms. The van der Waals surface area contributed by atoms with Gasteiger partial charge in [0.05, 0.1) is 0 Å². The van der Waals surface area contributed by atoms with Gasteiger partial charge in [0.1, 0.15) is 0 Å². The van der Waals surface area contributed by atoms with Crippen molar-refractivity contribution in [2.45, 2.75) is 6.42 Å². The summed E-state index contributed by atoms with van der Waals surface area (Å²) in [4.78, 5) is 9.14. The van der Waals surface area contributed by atoms with Crippen LogP contribution in [0.3, 0.4) is 0 Å². The molecule has 17 heavy (non-hydrogen) atoms. The Kier molecular flexibility index (Phi) is 6.94. The van der Waals surface area contributed by atoms with Crippen molar-refractivity contribution in [1.82, 2.24) is 9.80 Å². The van der Waals surface area contributed by atoms with E-state index in [1.54, 1.807) is 0 Å². The fourth-order valence-corrected chi connectivity index (χ4v) is 3.19. The minimum Gasteiger partial charge on any atom is -0.370 e. The first-order valence-corrected chi connectivity index (χ1v) is 7.22. The lowest BCUT2D eigenvalue weighted by molar-refractivity contribution is 0.396. The molecule has 2 heterocycles. The second kappa shape index (κ2) is 7.68. The van der Waals surface area contributed by atoms with E-state index in [1.165, 1.54) is 31.0 Å². The SMILES string of the molecule is CN1CCC(CN=C(N)N2CCSCC2)C1.I. The van der Waals surface area contributed by atoms with E-state index in [1.807, 2.05) is 11.8 Å². The van der Waals surface area contributed by atoms with Crippen molar-refractivity contribution in [2.75, 3.05) is 51.3 Å². The molecule has 0 aromatic heterocycles. The fourth-order valence-electron chi connectivity index (χ4n) is 2.29. The van der Waals surface area contributed by atoms with Crippen molar-refractivity contribution in [3.8, 4) is 0 Å². The number of nitrogens with two attached hydrogens (primary N) is 1. The first-order chi connectivity index (χ1) is 7.75. The number of likely N-dealkylation sites (tertiary alicyclic amines) is 1.